The summed E-state index contributed by atoms with van der Waals surface area (Å²) in [5.74, 6) is -0.981. The Balaban J connectivity index is 0.000000490. The monoisotopic (exact) mass is 710 g/mol. The summed E-state index contributed by atoms with van der Waals surface area (Å²) in [7, 11) is 0. The average molecular weight is 711 g/mol. The number of nitrogens with zero attached hydrogens (tertiary/aromatic N) is 4. The van der Waals surface area contributed by atoms with Crippen LogP contribution in [-0.2, 0) is 4.74 Å². The largest absolute Gasteiger partial charge is 0.514 e. The molecule has 2 aromatic rings. The first kappa shape index (κ1) is 42.2. The summed E-state index contributed by atoms with van der Waals surface area (Å²) in [4.78, 5) is 65.2. The second kappa shape index (κ2) is 20.5. The van der Waals surface area contributed by atoms with Crippen LogP contribution in [0.5, 0.6) is 11.5 Å². The Morgan fingerprint density at radius 3 is 1.53 bits per heavy atom. The Hall–Kier alpha value is -4.87. The molecule has 0 aromatic heterocycles. The first-order valence-electron chi connectivity index (χ1n) is 15.6. The van der Waals surface area contributed by atoms with Gasteiger partial charge in [0.2, 0.25) is 11.5 Å². The third-order valence-corrected chi connectivity index (χ3v) is 7.54. The van der Waals surface area contributed by atoms with Crippen molar-refractivity contribution in [3.8, 4) is 11.5 Å². The van der Waals surface area contributed by atoms with Crippen LogP contribution in [0.4, 0.5) is 32.3 Å². The highest BCUT2D eigenvalue weighted by Crippen LogP contribution is 2.42. The molecule has 0 spiro atoms. The van der Waals surface area contributed by atoms with Crippen LogP contribution in [0, 0.1) is 40.5 Å². The predicted molar refractivity (Wildman–Crippen MR) is 182 cm³/mol. The van der Waals surface area contributed by atoms with Crippen LogP contribution in [0.1, 0.15) is 109 Å². The molecule has 2 rings (SSSR count). The second-order valence-corrected chi connectivity index (χ2v) is 12.1. The fourth-order valence-electron chi connectivity index (χ4n) is 4.72. The number of hydrogen-bond donors (Lipinski definition) is 0. The molecule has 0 saturated carbocycles. The van der Waals surface area contributed by atoms with Crippen molar-refractivity contribution in [1.29, 1.82) is 0 Å². The maximum atomic E-state index is 11.7. The Kier molecular flexibility index (Phi) is 17.6. The van der Waals surface area contributed by atoms with E-state index in [2.05, 4.69) is 6.92 Å². The number of carbonyl (C=O) groups excluding carboxylic acids is 2. The molecule has 0 aliphatic carbocycles. The summed E-state index contributed by atoms with van der Waals surface area (Å²) in [5, 5.41) is 44.1. The number of benzene rings is 2. The van der Waals surface area contributed by atoms with Gasteiger partial charge in [0.25, 0.3) is 11.4 Å². The van der Waals surface area contributed by atoms with Gasteiger partial charge in [-0.3, -0.25) is 40.5 Å². The molecular formula is C31H42N4O13S. The third-order valence-electron chi connectivity index (χ3n) is 7.12. The fourth-order valence-corrected chi connectivity index (χ4v) is 4.89. The molecule has 2 aromatic carbocycles. The molecule has 270 valence electrons. The van der Waals surface area contributed by atoms with Gasteiger partial charge in [0, 0.05) is 23.3 Å². The lowest BCUT2D eigenvalue weighted by atomic mass is 9.93. The van der Waals surface area contributed by atoms with E-state index in [0.717, 1.165) is 56.0 Å². The molecule has 2 atom stereocenters. The van der Waals surface area contributed by atoms with Gasteiger partial charge in [-0.2, -0.15) is 0 Å². The lowest BCUT2D eigenvalue weighted by Crippen LogP contribution is -2.17. The molecule has 18 heteroatoms. The van der Waals surface area contributed by atoms with Crippen LogP contribution in [-0.4, -0.2) is 43.5 Å². The van der Waals surface area contributed by atoms with E-state index in [9.17, 15) is 50.0 Å². The van der Waals surface area contributed by atoms with Crippen molar-refractivity contribution in [1.82, 2.24) is 0 Å². The molecule has 0 saturated heterocycles. The van der Waals surface area contributed by atoms with Gasteiger partial charge in [-0.05, 0) is 56.5 Å². The normalized spacial score (nSPS) is 11.8. The van der Waals surface area contributed by atoms with Crippen molar-refractivity contribution in [2.45, 2.75) is 104 Å². The lowest BCUT2D eigenvalue weighted by Gasteiger charge is -2.16. The van der Waals surface area contributed by atoms with E-state index < -0.39 is 54.3 Å². The Morgan fingerprint density at radius 2 is 1.14 bits per heavy atom. The standard InChI is InChI=1S/C16H22N2O6S.C15H20N2O7/c1-4-5-6-7-8-11(2)13-9-12(17(20)21)10-14(18(22)23)15(13)24-16(19)25-3;1-5-6-10(4)12-7-11(16(19)20)8-13(17(21)22)14(12)24-15(18)23-9(2)3/h9-11H,4-8H2,1-3H3;7-10H,5-6H2,1-4H3. The van der Waals surface area contributed by atoms with Crippen LogP contribution in [0.2, 0.25) is 0 Å². The van der Waals surface area contributed by atoms with Crippen molar-refractivity contribution in [2.75, 3.05) is 6.26 Å². The predicted octanol–water partition coefficient (Wildman–Crippen LogP) is 9.77. The quantitative estimate of drug-likeness (QED) is 0.0518. The average Bonchev–Trinajstić information content (AvgIpc) is 3.02. The van der Waals surface area contributed by atoms with Gasteiger partial charge in [0.1, 0.15) is 0 Å². The molecule has 0 aliphatic rings. The summed E-state index contributed by atoms with van der Waals surface area (Å²) >= 11 is 0.778. The molecule has 0 amide bonds. The van der Waals surface area contributed by atoms with Gasteiger partial charge in [-0.15, -0.1) is 0 Å². The minimum absolute atomic E-state index is 0.196. The Labute approximate surface area is 287 Å². The van der Waals surface area contributed by atoms with Gasteiger partial charge in [0.05, 0.1) is 37.9 Å². The minimum Gasteiger partial charge on any atom is -0.431 e. The lowest BCUT2D eigenvalue weighted by molar-refractivity contribution is -0.395. The molecule has 2 unspecified atom stereocenters. The second-order valence-electron chi connectivity index (χ2n) is 11.3. The molecule has 0 heterocycles. The van der Waals surface area contributed by atoms with Gasteiger partial charge in [0.15, 0.2) is 0 Å². The van der Waals surface area contributed by atoms with Crippen molar-refractivity contribution >= 4 is 46.0 Å². The smallest absolute Gasteiger partial charge is 0.431 e. The molecule has 0 fully saturated rings. The van der Waals surface area contributed by atoms with E-state index in [1.807, 2.05) is 13.8 Å². The number of ether oxygens (including phenoxy) is 3. The summed E-state index contributed by atoms with van der Waals surface area (Å²) in [6.45, 7) is 10.8. The van der Waals surface area contributed by atoms with Crippen molar-refractivity contribution < 1.29 is 43.5 Å². The van der Waals surface area contributed by atoms with Crippen LogP contribution in [0.25, 0.3) is 0 Å². The first-order chi connectivity index (χ1) is 23.0. The SMILES string of the molecule is CCCC(C)c1cc([N+](=O)[O-])cc([N+](=O)[O-])c1OC(=O)OC(C)C.CCCCCCC(C)c1cc([N+](=O)[O-])cc([N+](=O)[O-])c1OC(=O)SC. The van der Waals surface area contributed by atoms with E-state index in [1.165, 1.54) is 18.4 Å². The molecule has 0 radical (unpaired) electrons. The molecule has 0 bridgehead atoms. The van der Waals surface area contributed by atoms with Crippen LogP contribution >= 0.6 is 11.8 Å². The number of non-ortho nitro benzene ring substituents is 2. The first-order valence-corrected chi connectivity index (χ1v) is 16.8. The highest BCUT2D eigenvalue weighted by atomic mass is 32.2. The number of thioether (sulfide) groups is 1. The third kappa shape index (κ3) is 13.3. The van der Waals surface area contributed by atoms with E-state index in [1.54, 1.807) is 20.8 Å². The van der Waals surface area contributed by atoms with Crippen LogP contribution in [0.3, 0.4) is 0 Å². The summed E-state index contributed by atoms with van der Waals surface area (Å²) in [6.07, 6.45) is 6.07. The molecule has 17 nitrogen and oxygen atoms in total. The zero-order valence-electron chi connectivity index (χ0n) is 28.5. The summed E-state index contributed by atoms with van der Waals surface area (Å²) in [6, 6.07) is 4.07. The van der Waals surface area contributed by atoms with Gasteiger partial charge in [-0.1, -0.05) is 59.8 Å². The number of carbonyl (C=O) groups is 2. The Bertz CT molecular complexity index is 1520. The topological polar surface area (TPSA) is 234 Å². The highest BCUT2D eigenvalue weighted by molar-refractivity contribution is 8.12. The minimum atomic E-state index is -1.09. The number of hydrogen-bond acceptors (Lipinski definition) is 14. The number of unbranched alkanes of at least 4 members (excludes halogenated alkanes) is 3. The summed E-state index contributed by atoms with van der Waals surface area (Å²) in [5.41, 5.74) is -1.46. The molecular weight excluding hydrogens is 668 g/mol. The highest BCUT2D eigenvalue weighted by Gasteiger charge is 2.31. The van der Waals surface area contributed by atoms with Crippen LogP contribution < -0.4 is 9.47 Å². The molecule has 0 aliphatic heterocycles. The maximum Gasteiger partial charge on any atom is 0.514 e. The van der Waals surface area contributed by atoms with E-state index in [-0.39, 0.29) is 34.6 Å². The van der Waals surface area contributed by atoms with Crippen molar-refractivity contribution in [3.05, 3.63) is 75.8 Å². The zero-order valence-corrected chi connectivity index (χ0v) is 29.3. The molecule has 49 heavy (non-hydrogen) atoms. The van der Waals surface area contributed by atoms with Crippen LogP contribution in [0.15, 0.2) is 24.3 Å². The summed E-state index contributed by atoms with van der Waals surface area (Å²) < 4.78 is 15.0. The van der Waals surface area contributed by atoms with Gasteiger partial charge < -0.3 is 14.2 Å². The van der Waals surface area contributed by atoms with E-state index >= 15 is 0 Å². The maximum absolute atomic E-state index is 11.7. The van der Waals surface area contributed by atoms with E-state index in [0.29, 0.717) is 18.4 Å². The number of nitro benzene ring substituents is 4. The van der Waals surface area contributed by atoms with Crippen molar-refractivity contribution in [2.24, 2.45) is 0 Å². The Morgan fingerprint density at radius 1 is 0.673 bits per heavy atom. The molecule has 0 N–H and O–H groups in total. The number of nitro groups is 4. The van der Waals surface area contributed by atoms with Gasteiger partial charge in [-0.25, -0.2) is 9.59 Å². The zero-order chi connectivity index (χ0) is 37.4. The van der Waals surface area contributed by atoms with Gasteiger partial charge >= 0.3 is 22.8 Å². The van der Waals surface area contributed by atoms with Crippen molar-refractivity contribution in [3.63, 3.8) is 0 Å². The fraction of sp³-hybridized carbons (Fsp3) is 0.548. The number of rotatable bonds is 16. The van der Waals surface area contributed by atoms with E-state index in [4.69, 9.17) is 14.2 Å².